The Morgan fingerprint density at radius 3 is 1.51 bits per heavy atom. The van der Waals surface area contributed by atoms with Crippen molar-refractivity contribution >= 4 is 10.8 Å². The first-order chi connectivity index (χ1) is 24.0. The highest BCUT2D eigenvalue weighted by molar-refractivity contribution is 6.04. The predicted molar refractivity (Wildman–Crippen MR) is 202 cm³/mol. The van der Waals surface area contributed by atoms with Crippen LogP contribution < -0.4 is 0 Å². The molecule has 8 aromatic rings. The lowest BCUT2D eigenvalue weighted by atomic mass is 9.79. The highest BCUT2D eigenvalue weighted by Crippen LogP contribution is 2.52. The highest BCUT2D eigenvalue weighted by atomic mass is 15.0. The number of hydrogen-bond donors (Lipinski definition) is 0. The zero-order valence-electron chi connectivity index (χ0n) is 27.4. The van der Waals surface area contributed by atoms with Gasteiger partial charge in [-0.1, -0.05) is 166 Å². The minimum atomic E-state index is -0.0673. The lowest BCUT2D eigenvalue weighted by Gasteiger charge is -2.23. The van der Waals surface area contributed by atoms with Gasteiger partial charge in [-0.2, -0.15) is 0 Å². The van der Waals surface area contributed by atoms with Crippen LogP contribution in [0, 0.1) is 0 Å². The first-order valence-corrected chi connectivity index (χ1v) is 16.8. The summed E-state index contributed by atoms with van der Waals surface area (Å²) in [4.78, 5) is 14.8. The number of nitrogens with zero attached hydrogens (tertiary/aromatic N) is 3. The Morgan fingerprint density at radius 1 is 0.347 bits per heavy atom. The van der Waals surface area contributed by atoms with Crippen molar-refractivity contribution in [1.29, 1.82) is 0 Å². The maximum Gasteiger partial charge on any atom is 0.164 e. The van der Waals surface area contributed by atoms with Crippen LogP contribution in [0.15, 0.2) is 164 Å². The van der Waals surface area contributed by atoms with Crippen LogP contribution in [-0.2, 0) is 5.41 Å². The molecule has 0 fully saturated rings. The second-order valence-corrected chi connectivity index (χ2v) is 13.3. The summed E-state index contributed by atoms with van der Waals surface area (Å²) in [6.07, 6.45) is 0. The van der Waals surface area contributed by atoms with Crippen molar-refractivity contribution in [3.63, 3.8) is 0 Å². The van der Waals surface area contributed by atoms with Crippen LogP contribution in [0.5, 0.6) is 0 Å². The zero-order chi connectivity index (χ0) is 33.0. The molecule has 0 atom stereocenters. The van der Waals surface area contributed by atoms with Crippen LogP contribution in [-0.4, -0.2) is 15.0 Å². The second-order valence-electron chi connectivity index (χ2n) is 13.3. The van der Waals surface area contributed by atoms with Crippen LogP contribution in [0.3, 0.4) is 0 Å². The summed E-state index contributed by atoms with van der Waals surface area (Å²) in [6.45, 7) is 4.71. The largest absolute Gasteiger partial charge is 0.208 e. The molecule has 0 unspecified atom stereocenters. The third-order valence-electron chi connectivity index (χ3n) is 9.90. The molecule has 0 saturated carbocycles. The summed E-state index contributed by atoms with van der Waals surface area (Å²) in [5, 5.41) is 2.60. The van der Waals surface area contributed by atoms with E-state index in [1.165, 1.54) is 44.2 Å². The van der Waals surface area contributed by atoms with Crippen LogP contribution in [0.4, 0.5) is 0 Å². The summed E-state index contributed by atoms with van der Waals surface area (Å²) >= 11 is 0. The lowest BCUT2D eigenvalue weighted by Crippen LogP contribution is -2.15. The molecule has 0 radical (unpaired) electrons. The molecular weight excluding hydrogens is 595 g/mol. The first-order valence-electron chi connectivity index (χ1n) is 16.8. The van der Waals surface area contributed by atoms with Crippen molar-refractivity contribution in [3.8, 4) is 67.5 Å². The van der Waals surface area contributed by atoms with Crippen LogP contribution in [0.2, 0.25) is 0 Å². The number of fused-ring (bicyclic) bond motifs is 5. The van der Waals surface area contributed by atoms with Gasteiger partial charge in [0.2, 0.25) is 0 Å². The lowest BCUT2D eigenvalue weighted by molar-refractivity contribution is 0.666. The zero-order valence-corrected chi connectivity index (χ0v) is 27.4. The molecule has 7 aromatic carbocycles. The van der Waals surface area contributed by atoms with Crippen LogP contribution >= 0.6 is 0 Å². The Kier molecular flexibility index (Phi) is 6.80. The van der Waals surface area contributed by atoms with Crippen LogP contribution in [0.1, 0.15) is 25.0 Å². The minimum Gasteiger partial charge on any atom is -0.208 e. The minimum absolute atomic E-state index is 0.0673. The molecule has 232 valence electrons. The number of hydrogen-bond acceptors (Lipinski definition) is 3. The Morgan fingerprint density at radius 2 is 0.837 bits per heavy atom. The molecule has 0 N–H and O–H groups in total. The average molecular weight is 628 g/mol. The standard InChI is InChI=1S/C46H33N3/c1-46(2)41-25-10-9-22-38(41)40-27-26-37-36(23-13-24-39(37)42(40)46)34-20-11-18-32(28-34)33-19-12-21-35(29-33)45-48-43(30-14-5-3-6-15-30)47-44(49-45)31-16-7-4-8-17-31/h3-29H,1-2H3. The highest BCUT2D eigenvalue weighted by Gasteiger charge is 2.36. The van der Waals surface area contributed by atoms with E-state index in [-0.39, 0.29) is 5.41 Å². The molecule has 49 heavy (non-hydrogen) atoms. The Bertz CT molecular complexity index is 2460. The van der Waals surface area contributed by atoms with E-state index >= 15 is 0 Å². The topological polar surface area (TPSA) is 38.7 Å². The number of rotatable bonds is 5. The quantitative estimate of drug-likeness (QED) is 0.191. The van der Waals surface area contributed by atoms with E-state index in [4.69, 9.17) is 15.0 Å². The SMILES string of the molecule is CC1(C)c2ccccc2-c2ccc3c(-c4cccc(-c5cccc(-c6nc(-c7ccccc7)nc(-c7ccccc7)n6)c5)c4)cccc3c21. The van der Waals surface area contributed by atoms with Crippen LogP contribution in [0.25, 0.3) is 78.3 Å². The van der Waals surface area contributed by atoms with Gasteiger partial charge in [0.1, 0.15) is 0 Å². The molecular formula is C46H33N3. The molecule has 0 bridgehead atoms. The summed E-state index contributed by atoms with van der Waals surface area (Å²) in [7, 11) is 0. The maximum atomic E-state index is 4.97. The van der Waals surface area contributed by atoms with Crippen molar-refractivity contribution in [1.82, 2.24) is 15.0 Å². The van der Waals surface area contributed by atoms with Gasteiger partial charge in [0.15, 0.2) is 17.5 Å². The number of aromatic nitrogens is 3. The van der Waals surface area contributed by atoms with E-state index in [2.05, 4.69) is 117 Å². The smallest absolute Gasteiger partial charge is 0.164 e. The fraction of sp³-hybridized carbons (Fsp3) is 0.0652. The first kappa shape index (κ1) is 29.0. The molecule has 1 aliphatic rings. The molecule has 9 rings (SSSR count). The molecule has 0 saturated heterocycles. The summed E-state index contributed by atoms with van der Waals surface area (Å²) < 4.78 is 0. The fourth-order valence-electron chi connectivity index (χ4n) is 7.55. The third kappa shape index (κ3) is 4.94. The van der Waals surface area contributed by atoms with E-state index in [0.717, 1.165) is 27.8 Å². The van der Waals surface area contributed by atoms with Gasteiger partial charge in [-0.15, -0.1) is 0 Å². The predicted octanol–water partition coefficient (Wildman–Crippen LogP) is 11.7. The van der Waals surface area contributed by atoms with Gasteiger partial charge in [0, 0.05) is 22.1 Å². The fourth-order valence-corrected chi connectivity index (χ4v) is 7.55. The second kappa shape index (κ2) is 11.5. The molecule has 3 heteroatoms. The Balaban J connectivity index is 1.13. The van der Waals surface area contributed by atoms with Gasteiger partial charge in [-0.3, -0.25) is 0 Å². The normalized spacial score (nSPS) is 12.9. The van der Waals surface area contributed by atoms with Crippen molar-refractivity contribution in [3.05, 3.63) is 175 Å². The molecule has 1 aliphatic carbocycles. The monoisotopic (exact) mass is 627 g/mol. The van der Waals surface area contributed by atoms with E-state index in [0.29, 0.717) is 17.5 Å². The van der Waals surface area contributed by atoms with Crippen molar-refractivity contribution < 1.29 is 0 Å². The van der Waals surface area contributed by atoms with E-state index < -0.39 is 0 Å². The summed E-state index contributed by atoms with van der Waals surface area (Å²) in [5.41, 5.74) is 13.0. The van der Waals surface area contributed by atoms with Crippen molar-refractivity contribution in [2.75, 3.05) is 0 Å². The molecule has 1 aromatic heterocycles. The molecule has 0 aliphatic heterocycles. The van der Waals surface area contributed by atoms with Gasteiger partial charge in [-0.25, -0.2) is 15.0 Å². The molecule has 0 spiro atoms. The van der Waals surface area contributed by atoms with Crippen molar-refractivity contribution in [2.24, 2.45) is 0 Å². The molecule has 0 amide bonds. The molecule has 1 heterocycles. The summed E-state index contributed by atoms with van der Waals surface area (Å²) in [6, 6.07) is 57.8. The van der Waals surface area contributed by atoms with Gasteiger partial charge in [-0.05, 0) is 67.4 Å². The number of benzene rings is 7. The van der Waals surface area contributed by atoms with E-state index in [1.54, 1.807) is 0 Å². The van der Waals surface area contributed by atoms with Gasteiger partial charge in [0.25, 0.3) is 0 Å². The van der Waals surface area contributed by atoms with Gasteiger partial charge in [0.05, 0.1) is 0 Å². The van der Waals surface area contributed by atoms with E-state index in [9.17, 15) is 0 Å². The Hall–Kier alpha value is -6.19. The van der Waals surface area contributed by atoms with Gasteiger partial charge < -0.3 is 0 Å². The van der Waals surface area contributed by atoms with Crippen molar-refractivity contribution in [2.45, 2.75) is 19.3 Å². The van der Waals surface area contributed by atoms with Gasteiger partial charge >= 0.3 is 0 Å². The van der Waals surface area contributed by atoms with E-state index in [1.807, 2.05) is 60.7 Å². The molecule has 3 nitrogen and oxygen atoms in total. The maximum absolute atomic E-state index is 4.97. The third-order valence-corrected chi connectivity index (χ3v) is 9.90. The Labute approximate surface area is 286 Å². The summed E-state index contributed by atoms with van der Waals surface area (Å²) in [5.74, 6) is 1.97. The average Bonchev–Trinajstić information content (AvgIpc) is 3.41.